The molecule has 1 unspecified atom stereocenters. The Bertz CT molecular complexity index is 975. The van der Waals surface area contributed by atoms with Crippen molar-refractivity contribution in [3.63, 3.8) is 0 Å². The fraction of sp³-hybridized carbons (Fsp3) is 0.235. The number of carbonyl (C=O) groups is 1. The van der Waals surface area contributed by atoms with Crippen LogP contribution < -0.4 is 15.2 Å². The second-order valence-electron chi connectivity index (χ2n) is 6.21. The minimum atomic E-state index is -4.30. The van der Waals surface area contributed by atoms with Crippen LogP contribution in [0.15, 0.2) is 47.4 Å². The molecule has 0 aliphatic heterocycles. The van der Waals surface area contributed by atoms with Gasteiger partial charge in [0, 0.05) is 12.1 Å². The highest BCUT2D eigenvalue weighted by molar-refractivity contribution is 7.89. The van der Waals surface area contributed by atoms with Crippen molar-refractivity contribution in [3.8, 4) is 11.5 Å². The summed E-state index contributed by atoms with van der Waals surface area (Å²) in [5.41, 5.74) is -2.84. The summed E-state index contributed by atoms with van der Waals surface area (Å²) in [6.45, 7) is -0.284. The van der Waals surface area contributed by atoms with Gasteiger partial charge in [0.15, 0.2) is 5.75 Å². The Morgan fingerprint density at radius 1 is 1.14 bits per heavy atom. The first-order valence-corrected chi connectivity index (χ1v) is 9.71. The highest BCUT2D eigenvalue weighted by Crippen LogP contribution is 2.37. The quantitative estimate of drug-likeness (QED) is 0.172. The normalized spacial score (nSPS) is 14.1. The predicted octanol–water partition coefficient (Wildman–Crippen LogP) is -0.771. The summed E-state index contributed by atoms with van der Waals surface area (Å²) >= 11 is 0. The zero-order chi connectivity index (χ0) is 21.9. The predicted molar refractivity (Wildman–Crippen MR) is 103 cm³/mol. The van der Waals surface area contributed by atoms with Crippen LogP contribution in [0.4, 0.5) is 5.69 Å². The van der Waals surface area contributed by atoms with E-state index in [1.54, 1.807) is 30.3 Å². The van der Waals surface area contributed by atoms with Crippen molar-refractivity contribution in [2.75, 3.05) is 11.9 Å². The molecule has 7 N–H and O–H groups in total. The SMILES string of the molecule is [B]C(O)(CCNc1cc(C=O)cc(S(N)(=O)=O)c1Oc1ccccc1)C(O)(O)O. The van der Waals surface area contributed by atoms with Crippen LogP contribution in [0.3, 0.4) is 0 Å². The lowest BCUT2D eigenvalue weighted by Crippen LogP contribution is -2.55. The molecule has 154 valence electrons. The van der Waals surface area contributed by atoms with Crippen LogP contribution >= 0.6 is 0 Å². The van der Waals surface area contributed by atoms with Crippen molar-refractivity contribution in [1.29, 1.82) is 0 Å². The second-order valence-corrected chi connectivity index (χ2v) is 7.74. The minimum Gasteiger partial charge on any atom is -0.454 e. The maximum Gasteiger partial charge on any atom is 0.296 e. The highest BCUT2D eigenvalue weighted by Gasteiger charge is 2.41. The van der Waals surface area contributed by atoms with Crippen LogP contribution in [0.2, 0.25) is 0 Å². The van der Waals surface area contributed by atoms with Crippen molar-refractivity contribution in [2.24, 2.45) is 5.14 Å². The van der Waals surface area contributed by atoms with Crippen LogP contribution in [0, 0.1) is 0 Å². The number of primary sulfonamides is 1. The number of carbonyl (C=O) groups excluding carboxylic acids is 1. The smallest absolute Gasteiger partial charge is 0.296 e. The molecule has 0 bridgehead atoms. The number of anilines is 1. The molecular weight excluding hydrogens is 403 g/mol. The number of nitrogens with two attached hydrogens (primary N) is 1. The number of aliphatic hydroxyl groups is 4. The van der Waals surface area contributed by atoms with Crippen LogP contribution in [-0.2, 0) is 10.0 Å². The molecular formula is C17H19BN2O8S. The number of rotatable bonds is 9. The van der Waals surface area contributed by atoms with Gasteiger partial charge in [-0.3, -0.25) is 4.79 Å². The lowest BCUT2D eigenvalue weighted by Gasteiger charge is -2.32. The molecule has 2 aromatic rings. The van der Waals surface area contributed by atoms with Gasteiger partial charge in [0.1, 0.15) is 30.3 Å². The number of hydrogen-bond donors (Lipinski definition) is 6. The lowest BCUT2D eigenvalue weighted by atomic mass is 9.76. The van der Waals surface area contributed by atoms with Crippen molar-refractivity contribution >= 4 is 29.8 Å². The van der Waals surface area contributed by atoms with Gasteiger partial charge in [0.05, 0.1) is 5.69 Å². The molecule has 0 saturated carbocycles. The molecule has 12 heteroatoms. The average molecular weight is 422 g/mol. The number of ether oxygens (including phenoxy) is 1. The summed E-state index contributed by atoms with van der Waals surface area (Å²) in [5, 5.41) is 44.8. The van der Waals surface area contributed by atoms with E-state index in [4.69, 9.17) is 33.0 Å². The highest BCUT2D eigenvalue weighted by atomic mass is 32.2. The molecule has 2 aromatic carbocycles. The fourth-order valence-corrected chi connectivity index (χ4v) is 3.01. The Morgan fingerprint density at radius 3 is 2.28 bits per heavy atom. The maximum absolute atomic E-state index is 12.0. The summed E-state index contributed by atoms with van der Waals surface area (Å²) in [6, 6.07) is 10.4. The first-order chi connectivity index (χ1) is 13.3. The van der Waals surface area contributed by atoms with Gasteiger partial charge in [-0.05, 0) is 30.7 Å². The molecule has 2 radical (unpaired) electrons. The summed E-state index contributed by atoms with van der Waals surface area (Å²) in [6.07, 6.45) is -0.192. The number of sulfonamides is 1. The van der Waals surface area contributed by atoms with Crippen molar-refractivity contribution in [1.82, 2.24) is 0 Å². The fourth-order valence-electron chi connectivity index (χ4n) is 2.30. The Hall–Kier alpha value is -2.48. The zero-order valence-electron chi connectivity index (χ0n) is 15.0. The number of hydrogen-bond acceptors (Lipinski definition) is 9. The number of para-hydroxylation sites is 1. The van der Waals surface area contributed by atoms with E-state index in [-0.39, 0.29) is 29.3 Å². The van der Waals surface area contributed by atoms with Gasteiger partial charge < -0.3 is 30.5 Å². The number of aldehydes is 1. The third-order valence-corrected chi connectivity index (χ3v) is 4.80. The molecule has 0 spiro atoms. The summed E-state index contributed by atoms with van der Waals surface area (Å²) in [5.74, 6) is -3.53. The van der Waals surface area contributed by atoms with Crippen LogP contribution in [-0.4, -0.2) is 61.0 Å². The van der Waals surface area contributed by atoms with Crippen molar-refractivity contribution in [2.45, 2.75) is 22.8 Å². The van der Waals surface area contributed by atoms with E-state index < -0.39 is 32.8 Å². The topological polar surface area (TPSA) is 179 Å². The molecule has 0 amide bonds. The van der Waals surface area contributed by atoms with E-state index in [2.05, 4.69) is 5.32 Å². The third kappa shape index (κ3) is 5.76. The van der Waals surface area contributed by atoms with Gasteiger partial charge in [-0.15, -0.1) is 0 Å². The number of nitrogens with one attached hydrogen (secondary N) is 1. The molecule has 1 atom stereocenters. The van der Waals surface area contributed by atoms with Crippen molar-refractivity contribution in [3.05, 3.63) is 48.0 Å². The van der Waals surface area contributed by atoms with Crippen LogP contribution in [0.25, 0.3) is 0 Å². The minimum absolute atomic E-state index is 0.00213. The van der Waals surface area contributed by atoms with E-state index in [1.807, 2.05) is 0 Å². The molecule has 0 aliphatic carbocycles. The summed E-state index contributed by atoms with van der Waals surface area (Å²) < 4.78 is 29.7. The Labute approximate surface area is 168 Å². The van der Waals surface area contributed by atoms with Gasteiger partial charge >= 0.3 is 0 Å². The van der Waals surface area contributed by atoms with Crippen LogP contribution in [0.5, 0.6) is 11.5 Å². The monoisotopic (exact) mass is 422 g/mol. The first-order valence-electron chi connectivity index (χ1n) is 8.16. The maximum atomic E-state index is 12.0. The van der Waals surface area contributed by atoms with E-state index in [1.165, 1.54) is 6.07 Å². The lowest BCUT2D eigenvalue weighted by molar-refractivity contribution is -0.368. The molecule has 0 fully saturated rings. The molecule has 2 rings (SSSR count). The van der Waals surface area contributed by atoms with E-state index in [0.717, 1.165) is 6.07 Å². The summed E-state index contributed by atoms with van der Waals surface area (Å²) in [7, 11) is 0.934. The Balaban J connectivity index is 2.44. The summed E-state index contributed by atoms with van der Waals surface area (Å²) in [4.78, 5) is 10.7. The zero-order valence-corrected chi connectivity index (χ0v) is 15.8. The third-order valence-electron chi connectivity index (χ3n) is 3.89. The van der Waals surface area contributed by atoms with Gasteiger partial charge in [-0.2, -0.15) is 0 Å². The van der Waals surface area contributed by atoms with Gasteiger partial charge in [0.25, 0.3) is 5.97 Å². The second kappa shape index (κ2) is 8.49. The molecule has 0 saturated heterocycles. The van der Waals surface area contributed by atoms with Gasteiger partial charge in [0.2, 0.25) is 10.0 Å². The molecule has 0 heterocycles. The Kier molecular flexibility index (Phi) is 6.68. The first kappa shape index (κ1) is 22.8. The van der Waals surface area contributed by atoms with Crippen molar-refractivity contribution < 1.29 is 38.4 Å². The van der Waals surface area contributed by atoms with E-state index in [0.29, 0.717) is 6.29 Å². The largest absolute Gasteiger partial charge is 0.454 e. The van der Waals surface area contributed by atoms with Crippen LogP contribution in [0.1, 0.15) is 16.8 Å². The molecule has 0 aromatic heterocycles. The molecule has 10 nitrogen and oxygen atoms in total. The Morgan fingerprint density at radius 2 is 1.76 bits per heavy atom. The molecule has 29 heavy (non-hydrogen) atoms. The number of benzene rings is 2. The van der Waals surface area contributed by atoms with E-state index in [9.17, 15) is 18.3 Å². The average Bonchev–Trinajstić information content (AvgIpc) is 2.61. The van der Waals surface area contributed by atoms with Gasteiger partial charge in [-0.1, -0.05) is 18.2 Å². The molecule has 0 aliphatic rings. The van der Waals surface area contributed by atoms with Gasteiger partial charge in [-0.25, -0.2) is 13.6 Å². The van der Waals surface area contributed by atoms with E-state index >= 15 is 0 Å². The standard InChI is InChI=1S/C17H19BN2O8S/c18-16(22,17(23,24)25)6-7-20-13-8-11(10-21)9-14(29(19,26)27)15(13)28-12-4-2-1-3-5-12/h1-5,8-10,20,22-25H,6-7H2,(H2,19,26,27).